The van der Waals surface area contributed by atoms with Crippen LogP contribution in [0.4, 0.5) is 5.69 Å². The Labute approximate surface area is 168 Å². The van der Waals surface area contributed by atoms with E-state index in [-0.39, 0.29) is 11.9 Å². The standard InChI is InChI=1S/C24H21N3O2/c28-24(27-14-13-20(16-27)25-19-9-5-2-6-10-19)18-11-12-22-21(15-18)23(29-26-22)17-7-3-1-4-8-17/h1-12,15,20,25H,13-14,16H2. The number of hydrogen-bond acceptors (Lipinski definition) is 4. The van der Waals surface area contributed by atoms with Gasteiger partial charge in [-0.1, -0.05) is 53.7 Å². The lowest BCUT2D eigenvalue weighted by molar-refractivity contribution is 0.0792. The van der Waals surface area contributed by atoms with Crippen LogP contribution < -0.4 is 5.32 Å². The largest absolute Gasteiger partial charge is 0.380 e. The molecule has 4 aromatic rings. The summed E-state index contributed by atoms with van der Waals surface area (Å²) in [6.07, 6.45) is 0.936. The van der Waals surface area contributed by atoms with Crippen LogP contribution in [0.5, 0.6) is 0 Å². The third-order valence-corrected chi connectivity index (χ3v) is 5.38. The van der Waals surface area contributed by atoms with Gasteiger partial charge in [0.05, 0.1) is 5.39 Å². The number of likely N-dealkylation sites (tertiary alicyclic amines) is 1. The quantitative estimate of drug-likeness (QED) is 0.549. The molecule has 0 radical (unpaired) electrons. The molecule has 0 bridgehead atoms. The maximum atomic E-state index is 13.1. The van der Waals surface area contributed by atoms with Gasteiger partial charge >= 0.3 is 0 Å². The normalized spacial score (nSPS) is 16.3. The van der Waals surface area contributed by atoms with E-state index in [2.05, 4.69) is 22.6 Å². The zero-order valence-electron chi connectivity index (χ0n) is 15.9. The van der Waals surface area contributed by atoms with Crippen LogP contribution in [0.25, 0.3) is 22.2 Å². The minimum atomic E-state index is 0.0458. The first-order valence-corrected chi connectivity index (χ1v) is 9.84. The topological polar surface area (TPSA) is 58.4 Å². The van der Waals surface area contributed by atoms with E-state index in [0.29, 0.717) is 17.9 Å². The summed E-state index contributed by atoms with van der Waals surface area (Å²) in [7, 11) is 0. The van der Waals surface area contributed by atoms with Gasteiger partial charge in [0.25, 0.3) is 5.91 Å². The van der Waals surface area contributed by atoms with Gasteiger partial charge in [-0.05, 0) is 36.8 Å². The van der Waals surface area contributed by atoms with E-state index in [0.717, 1.165) is 35.1 Å². The molecule has 0 aliphatic carbocycles. The molecule has 29 heavy (non-hydrogen) atoms. The van der Waals surface area contributed by atoms with Gasteiger partial charge in [-0.2, -0.15) is 0 Å². The number of carbonyl (C=O) groups excluding carboxylic acids is 1. The van der Waals surface area contributed by atoms with Gasteiger partial charge in [0.15, 0.2) is 5.76 Å². The van der Waals surface area contributed by atoms with Crippen LogP contribution in [0.15, 0.2) is 83.4 Å². The molecule has 3 aromatic carbocycles. The Hall–Kier alpha value is -3.60. The number of nitrogens with one attached hydrogen (secondary N) is 1. The molecule has 5 nitrogen and oxygen atoms in total. The molecule has 144 valence electrons. The van der Waals surface area contributed by atoms with Gasteiger partial charge in [0.1, 0.15) is 5.52 Å². The van der Waals surface area contributed by atoms with Crippen LogP contribution in [0, 0.1) is 0 Å². The number of anilines is 1. The van der Waals surface area contributed by atoms with E-state index in [1.165, 1.54) is 0 Å². The van der Waals surface area contributed by atoms with E-state index in [4.69, 9.17) is 4.52 Å². The maximum absolute atomic E-state index is 13.1. The van der Waals surface area contributed by atoms with Crippen molar-refractivity contribution in [2.45, 2.75) is 12.5 Å². The van der Waals surface area contributed by atoms with Crippen molar-refractivity contribution in [1.82, 2.24) is 10.1 Å². The Bertz CT molecular complexity index is 1140. The third kappa shape index (κ3) is 3.47. The number of aromatic nitrogens is 1. The molecule has 1 N–H and O–H groups in total. The molecule has 1 aliphatic heterocycles. The van der Waals surface area contributed by atoms with Crippen LogP contribution in [-0.2, 0) is 0 Å². The molecule has 5 heteroatoms. The highest BCUT2D eigenvalue weighted by molar-refractivity contribution is 6.01. The Kier molecular flexibility index (Phi) is 4.48. The predicted octanol–water partition coefficient (Wildman–Crippen LogP) is 4.82. The highest BCUT2D eigenvalue weighted by Gasteiger charge is 2.27. The van der Waals surface area contributed by atoms with Gasteiger partial charge in [-0.25, -0.2) is 0 Å². The molecule has 1 fully saturated rings. The Morgan fingerprint density at radius 3 is 2.55 bits per heavy atom. The molecule has 1 saturated heterocycles. The maximum Gasteiger partial charge on any atom is 0.253 e. The monoisotopic (exact) mass is 383 g/mol. The minimum absolute atomic E-state index is 0.0458. The molecule has 1 aliphatic rings. The summed E-state index contributed by atoms with van der Waals surface area (Å²) in [6.45, 7) is 1.44. The lowest BCUT2D eigenvalue weighted by Crippen LogP contribution is -2.31. The summed E-state index contributed by atoms with van der Waals surface area (Å²) < 4.78 is 5.56. The fourth-order valence-corrected chi connectivity index (χ4v) is 3.89. The highest BCUT2D eigenvalue weighted by Crippen LogP contribution is 2.30. The number of benzene rings is 3. The SMILES string of the molecule is O=C(c1ccc2noc(-c3ccccc3)c2c1)N1CCC(Nc2ccccc2)C1. The third-order valence-electron chi connectivity index (χ3n) is 5.38. The second-order valence-electron chi connectivity index (χ2n) is 7.36. The van der Waals surface area contributed by atoms with Crippen LogP contribution in [0.3, 0.4) is 0 Å². The molecule has 1 aromatic heterocycles. The molecule has 2 heterocycles. The fraction of sp³-hybridized carbons (Fsp3) is 0.167. The first-order valence-electron chi connectivity index (χ1n) is 9.84. The molecular weight excluding hydrogens is 362 g/mol. The minimum Gasteiger partial charge on any atom is -0.380 e. The van der Waals surface area contributed by atoms with Crippen molar-refractivity contribution in [2.24, 2.45) is 0 Å². The van der Waals surface area contributed by atoms with E-state index < -0.39 is 0 Å². The summed E-state index contributed by atoms with van der Waals surface area (Å²) in [5, 5.41) is 8.52. The predicted molar refractivity (Wildman–Crippen MR) is 114 cm³/mol. The molecule has 0 saturated carbocycles. The van der Waals surface area contributed by atoms with Crippen molar-refractivity contribution < 1.29 is 9.32 Å². The zero-order valence-corrected chi connectivity index (χ0v) is 15.9. The molecule has 1 amide bonds. The van der Waals surface area contributed by atoms with E-state index >= 15 is 0 Å². The summed E-state index contributed by atoms with van der Waals surface area (Å²) >= 11 is 0. The number of nitrogens with zero attached hydrogens (tertiary/aromatic N) is 2. The molecule has 1 unspecified atom stereocenters. The van der Waals surface area contributed by atoms with Crippen molar-refractivity contribution in [3.8, 4) is 11.3 Å². The smallest absolute Gasteiger partial charge is 0.253 e. The molecule has 0 spiro atoms. The summed E-state index contributed by atoms with van der Waals surface area (Å²) in [6, 6.07) is 25.8. The Morgan fingerprint density at radius 1 is 1.00 bits per heavy atom. The Morgan fingerprint density at radius 2 is 1.76 bits per heavy atom. The van der Waals surface area contributed by atoms with Crippen molar-refractivity contribution in [2.75, 3.05) is 18.4 Å². The number of hydrogen-bond donors (Lipinski definition) is 1. The van der Waals surface area contributed by atoms with Gasteiger partial charge in [-0.3, -0.25) is 4.79 Å². The average Bonchev–Trinajstić information content (AvgIpc) is 3.41. The number of para-hydroxylation sites is 1. The molecule has 1 atom stereocenters. The van der Waals surface area contributed by atoms with Gasteiger partial charge in [-0.15, -0.1) is 0 Å². The highest BCUT2D eigenvalue weighted by atomic mass is 16.5. The molecular formula is C24H21N3O2. The number of fused-ring (bicyclic) bond motifs is 1. The van der Waals surface area contributed by atoms with Crippen molar-refractivity contribution in [3.05, 3.63) is 84.4 Å². The van der Waals surface area contributed by atoms with Gasteiger partial charge in [0.2, 0.25) is 0 Å². The first kappa shape index (κ1) is 17.5. The average molecular weight is 383 g/mol. The number of rotatable bonds is 4. The van der Waals surface area contributed by atoms with Crippen molar-refractivity contribution in [1.29, 1.82) is 0 Å². The fourth-order valence-electron chi connectivity index (χ4n) is 3.89. The number of carbonyl (C=O) groups is 1. The lowest BCUT2D eigenvalue weighted by atomic mass is 10.1. The van der Waals surface area contributed by atoms with E-state index in [9.17, 15) is 4.79 Å². The van der Waals surface area contributed by atoms with Crippen LogP contribution >= 0.6 is 0 Å². The first-order chi connectivity index (χ1) is 14.3. The number of amides is 1. The van der Waals surface area contributed by atoms with E-state index in [1.807, 2.05) is 71.6 Å². The molecule has 5 rings (SSSR count). The summed E-state index contributed by atoms with van der Waals surface area (Å²) in [5.41, 5.74) is 3.46. The van der Waals surface area contributed by atoms with Gasteiger partial charge in [0, 0.05) is 35.9 Å². The van der Waals surface area contributed by atoms with Crippen LogP contribution in [0.1, 0.15) is 16.8 Å². The Balaban J connectivity index is 1.36. The summed E-state index contributed by atoms with van der Waals surface area (Å²) in [5.74, 6) is 0.741. The van der Waals surface area contributed by atoms with Crippen molar-refractivity contribution >= 4 is 22.5 Å². The van der Waals surface area contributed by atoms with Gasteiger partial charge < -0.3 is 14.7 Å². The lowest BCUT2D eigenvalue weighted by Gasteiger charge is -2.18. The second-order valence-corrected chi connectivity index (χ2v) is 7.36. The zero-order chi connectivity index (χ0) is 19.6. The second kappa shape index (κ2) is 7.43. The van der Waals surface area contributed by atoms with E-state index in [1.54, 1.807) is 0 Å². The van der Waals surface area contributed by atoms with Crippen molar-refractivity contribution in [3.63, 3.8) is 0 Å². The van der Waals surface area contributed by atoms with Crippen LogP contribution in [0.2, 0.25) is 0 Å². The van der Waals surface area contributed by atoms with Crippen LogP contribution in [-0.4, -0.2) is 35.1 Å². The summed E-state index contributed by atoms with van der Waals surface area (Å²) in [4.78, 5) is 15.0.